The maximum absolute atomic E-state index is 11.2. The maximum atomic E-state index is 11.2. The van der Waals surface area contributed by atoms with E-state index in [4.69, 9.17) is 23.7 Å². The van der Waals surface area contributed by atoms with Crippen LogP contribution in [0.4, 0.5) is 0 Å². The van der Waals surface area contributed by atoms with E-state index in [0.717, 1.165) is 0 Å². The van der Waals surface area contributed by atoms with Gasteiger partial charge >= 0.3 is 0 Å². The summed E-state index contributed by atoms with van der Waals surface area (Å²) >= 11 is 4.03. The number of thiol groups is 1. The Morgan fingerprint density at radius 3 is 1.52 bits per heavy atom. The molecule has 0 bridgehead atoms. The van der Waals surface area contributed by atoms with Crippen molar-refractivity contribution in [3.63, 3.8) is 0 Å². The van der Waals surface area contributed by atoms with Gasteiger partial charge in [-0.15, -0.1) is 0 Å². The fourth-order valence-corrected chi connectivity index (χ4v) is 1.73. The minimum atomic E-state index is -0.279. The van der Waals surface area contributed by atoms with E-state index in [2.05, 4.69) is 17.9 Å². The lowest BCUT2D eigenvalue weighted by Gasteiger charge is -2.08. The van der Waals surface area contributed by atoms with Crippen LogP contribution in [0, 0.1) is 0 Å². The standard InChI is InChI=1S/C16H31NO7S/c1-15(18)14-16(19)17-2-3-20-4-5-21-6-7-22-8-9-23-10-11-24-12-13-25/h25H,2-14H2,1H3,(H,17,19). The second-order valence-corrected chi connectivity index (χ2v) is 5.46. The minimum absolute atomic E-state index is 0.0853. The van der Waals surface area contributed by atoms with Crippen LogP contribution in [0.1, 0.15) is 13.3 Å². The number of carbonyl (C=O) groups excluding carboxylic acids is 2. The molecular formula is C16H31NO7S. The molecule has 0 radical (unpaired) electrons. The molecule has 0 aromatic carbocycles. The van der Waals surface area contributed by atoms with Crippen LogP contribution >= 0.6 is 12.6 Å². The number of hydrogen-bond acceptors (Lipinski definition) is 8. The fourth-order valence-electron chi connectivity index (χ4n) is 1.60. The monoisotopic (exact) mass is 381 g/mol. The van der Waals surface area contributed by atoms with E-state index >= 15 is 0 Å². The molecular weight excluding hydrogens is 350 g/mol. The van der Waals surface area contributed by atoms with Gasteiger partial charge in [-0.2, -0.15) is 12.6 Å². The lowest BCUT2D eigenvalue weighted by atomic mass is 10.3. The Kier molecular flexibility index (Phi) is 19.1. The Morgan fingerprint density at radius 1 is 0.720 bits per heavy atom. The molecule has 0 aliphatic heterocycles. The molecule has 0 aliphatic carbocycles. The first kappa shape index (κ1) is 24.3. The first-order valence-corrected chi connectivity index (χ1v) is 9.05. The van der Waals surface area contributed by atoms with Crippen LogP contribution < -0.4 is 5.32 Å². The van der Waals surface area contributed by atoms with E-state index < -0.39 is 0 Å². The summed E-state index contributed by atoms with van der Waals surface area (Å²) in [6.45, 7) is 6.86. The number of nitrogens with one attached hydrogen (secondary N) is 1. The average molecular weight is 381 g/mol. The van der Waals surface area contributed by atoms with Crippen molar-refractivity contribution in [2.24, 2.45) is 0 Å². The predicted molar refractivity (Wildman–Crippen MR) is 96.3 cm³/mol. The number of carbonyl (C=O) groups is 2. The number of Topliss-reactive ketones (excluding diaryl/α,β-unsaturated/α-hetero) is 1. The highest BCUT2D eigenvalue weighted by molar-refractivity contribution is 7.80. The van der Waals surface area contributed by atoms with Crippen molar-refractivity contribution in [3.05, 3.63) is 0 Å². The zero-order valence-corrected chi connectivity index (χ0v) is 15.9. The van der Waals surface area contributed by atoms with Gasteiger partial charge in [-0.3, -0.25) is 9.59 Å². The summed E-state index contributed by atoms with van der Waals surface area (Å²) < 4.78 is 26.5. The van der Waals surface area contributed by atoms with E-state index in [9.17, 15) is 9.59 Å². The number of ketones is 1. The summed E-state index contributed by atoms with van der Waals surface area (Å²) in [7, 11) is 0. The molecule has 25 heavy (non-hydrogen) atoms. The van der Waals surface area contributed by atoms with Crippen LogP contribution in [0.15, 0.2) is 0 Å². The summed E-state index contributed by atoms with van der Waals surface area (Å²) in [5.74, 6) is 0.281. The maximum Gasteiger partial charge on any atom is 0.227 e. The third kappa shape index (κ3) is 21.2. The van der Waals surface area contributed by atoms with Gasteiger partial charge in [-0.05, 0) is 6.92 Å². The number of amides is 1. The molecule has 1 amide bonds. The molecule has 0 aliphatic rings. The molecule has 0 aromatic rings. The zero-order valence-electron chi connectivity index (χ0n) is 15.0. The molecule has 0 fully saturated rings. The second kappa shape index (κ2) is 19.6. The SMILES string of the molecule is CC(=O)CC(=O)NCCOCCOCCOCCOCCOCCS. The van der Waals surface area contributed by atoms with E-state index in [1.165, 1.54) is 6.92 Å². The minimum Gasteiger partial charge on any atom is -0.378 e. The number of rotatable bonds is 19. The van der Waals surface area contributed by atoms with Gasteiger partial charge in [0.05, 0.1) is 72.5 Å². The fraction of sp³-hybridized carbons (Fsp3) is 0.875. The van der Waals surface area contributed by atoms with Gasteiger partial charge in [0.25, 0.3) is 0 Å². The molecule has 0 unspecified atom stereocenters. The van der Waals surface area contributed by atoms with Gasteiger partial charge in [0, 0.05) is 12.3 Å². The Morgan fingerprint density at radius 2 is 1.12 bits per heavy atom. The van der Waals surface area contributed by atoms with Crippen molar-refractivity contribution >= 4 is 24.3 Å². The van der Waals surface area contributed by atoms with Crippen molar-refractivity contribution in [3.8, 4) is 0 Å². The van der Waals surface area contributed by atoms with Crippen molar-refractivity contribution < 1.29 is 33.3 Å². The number of ether oxygens (including phenoxy) is 5. The Labute approximate surface area is 155 Å². The lowest BCUT2D eigenvalue weighted by molar-refractivity contribution is -0.127. The van der Waals surface area contributed by atoms with Gasteiger partial charge in [-0.1, -0.05) is 0 Å². The van der Waals surface area contributed by atoms with Crippen molar-refractivity contribution in [1.82, 2.24) is 5.32 Å². The first-order chi connectivity index (χ1) is 12.2. The quantitative estimate of drug-likeness (QED) is 0.186. The van der Waals surface area contributed by atoms with Crippen LogP contribution in [-0.4, -0.2) is 90.1 Å². The summed E-state index contributed by atoms with van der Waals surface area (Å²) in [6.07, 6.45) is -0.0853. The summed E-state index contributed by atoms with van der Waals surface area (Å²) in [6, 6.07) is 0. The van der Waals surface area contributed by atoms with Crippen LogP contribution in [-0.2, 0) is 33.3 Å². The topological polar surface area (TPSA) is 92.3 Å². The lowest BCUT2D eigenvalue weighted by Crippen LogP contribution is -2.28. The second-order valence-electron chi connectivity index (χ2n) is 5.01. The smallest absolute Gasteiger partial charge is 0.227 e. The van der Waals surface area contributed by atoms with Gasteiger partial charge in [0.2, 0.25) is 5.91 Å². The summed E-state index contributed by atoms with van der Waals surface area (Å²) in [4.78, 5) is 21.9. The average Bonchev–Trinajstić information content (AvgIpc) is 2.57. The molecule has 0 saturated heterocycles. The predicted octanol–water partition coefficient (Wildman–Crippen LogP) is 0.0945. The highest BCUT2D eigenvalue weighted by Gasteiger charge is 2.03. The highest BCUT2D eigenvalue weighted by atomic mass is 32.1. The zero-order chi connectivity index (χ0) is 18.6. The van der Waals surface area contributed by atoms with Crippen molar-refractivity contribution in [2.75, 3.05) is 78.4 Å². The molecule has 0 aromatic heterocycles. The summed E-state index contributed by atoms with van der Waals surface area (Å²) in [5.41, 5.74) is 0. The van der Waals surface area contributed by atoms with E-state index in [1.807, 2.05) is 0 Å². The molecule has 0 atom stereocenters. The third-order valence-electron chi connectivity index (χ3n) is 2.70. The van der Waals surface area contributed by atoms with Gasteiger partial charge < -0.3 is 29.0 Å². The van der Waals surface area contributed by atoms with E-state index in [0.29, 0.717) is 78.4 Å². The van der Waals surface area contributed by atoms with E-state index in [-0.39, 0.29) is 18.1 Å². The highest BCUT2D eigenvalue weighted by Crippen LogP contribution is 1.85. The summed E-state index contributed by atoms with van der Waals surface area (Å²) in [5, 5.41) is 2.59. The van der Waals surface area contributed by atoms with Gasteiger partial charge in [0.15, 0.2) is 0 Å². The molecule has 0 rings (SSSR count). The molecule has 8 nitrogen and oxygen atoms in total. The largest absolute Gasteiger partial charge is 0.378 e. The van der Waals surface area contributed by atoms with Gasteiger partial charge in [0.1, 0.15) is 5.78 Å². The Bertz CT molecular complexity index is 332. The molecule has 0 spiro atoms. The van der Waals surface area contributed by atoms with Crippen LogP contribution in [0.25, 0.3) is 0 Å². The van der Waals surface area contributed by atoms with Gasteiger partial charge in [-0.25, -0.2) is 0 Å². The normalized spacial score (nSPS) is 10.8. The Balaban J connectivity index is 3.07. The first-order valence-electron chi connectivity index (χ1n) is 8.42. The van der Waals surface area contributed by atoms with E-state index in [1.54, 1.807) is 0 Å². The van der Waals surface area contributed by atoms with Crippen LogP contribution in [0.5, 0.6) is 0 Å². The van der Waals surface area contributed by atoms with Crippen molar-refractivity contribution in [1.29, 1.82) is 0 Å². The molecule has 148 valence electrons. The third-order valence-corrected chi connectivity index (χ3v) is 2.88. The molecule has 9 heteroatoms. The Hall–Kier alpha value is -0.710. The van der Waals surface area contributed by atoms with Crippen LogP contribution in [0.2, 0.25) is 0 Å². The molecule has 1 N–H and O–H groups in total. The van der Waals surface area contributed by atoms with Crippen LogP contribution in [0.3, 0.4) is 0 Å². The number of hydrogen-bond donors (Lipinski definition) is 2. The molecule has 0 heterocycles. The molecule has 0 saturated carbocycles. The van der Waals surface area contributed by atoms with Crippen molar-refractivity contribution in [2.45, 2.75) is 13.3 Å².